The zero-order valence-electron chi connectivity index (χ0n) is 20.5. The van der Waals surface area contributed by atoms with Gasteiger partial charge in [-0.2, -0.15) is 0 Å². The van der Waals surface area contributed by atoms with E-state index in [4.69, 9.17) is 4.74 Å². The van der Waals surface area contributed by atoms with Gasteiger partial charge in [0.15, 0.2) is 0 Å². The molecule has 2 aromatic carbocycles. The first-order valence-electron chi connectivity index (χ1n) is 11.4. The van der Waals surface area contributed by atoms with E-state index in [1.807, 2.05) is 0 Å². The molecule has 0 heterocycles. The van der Waals surface area contributed by atoms with Crippen molar-refractivity contribution >= 4 is 33.2 Å². The summed E-state index contributed by atoms with van der Waals surface area (Å²) in [4.78, 5) is 22.7. The summed E-state index contributed by atoms with van der Waals surface area (Å²) in [5.41, 5.74) is 3.06. The molecule has 0 aromatic heterocycles. The Morgan fingerprint density at radius 2 is 1.73 bits per heavy atom. The molecule has 0 saturated carbocycles. The van der Waals surface area contributed by atoms with Crippen molar-refractivity contribution in [3.8, 4) is 5.75 Å². The summed E-state index contributed by atoms with van der Waals surface area (Å²) in [6, 6.07) is 10.7. The Kier molecular flexibility index (Phi) is 9.06. The first-order valence-corrected chi connectivity index (χ1v) is 12.2. The van der Waals surface area contributed by atoms with E-state index in [1.165, 1.54) is 29.3 Å². The maximum atomic E-state index is 12.3. The maximum Gasteiger partial charge on any atom is 0.270 e. The maximum absolute atomic E-state index is 12.3. The molecule has 0 saturated heterocycles. The number of non-ortho nitro benzene ring substituents is 1. The van der Waals surface area contributed by atoms with E-state index in [1.54, 1.807) is 0 Å². The van der Waals surface area contributed by atoms with Crippen LogP contribution in [0.5, 0.6) is 5.75 Å². The van der Waals surface area contributed by atoms with Crippen molar-refractivity contribution in [2.45, 2.75) is 78.1 Å². The largest absolute Gasteiger partial charge is 0.493 e. The highest BCUT2D eigenvalue weighted by Crippen LogP contribution is 2.38. The quantitative estimate of drug-likeness (QED) is 0.189. The van der Waals surface area contributed by atoms with E-state index in [9.17, 15) is 14.9 Å². The van der Waals surface area contributed by atoms with E-state index in [0.29, 0.717) is 23.2 Å². The summed E-state index contributed by atoms with van der Waals surface area (Å²) < 4.78 is 6.60. The molecule has 2 aromatic rings. The van der Waals surface area contributed by atoms with Gasteiger partial charge in [0.2, 0.25) is 5.91 Å². The van der Waals surface area contributed by atoms with Crippen LogP contribution in [-0.4, -0.2) is 17.4 Å². The van der Waals surface area contributed by atoms with Gasteiger partial charge in [-0.05, 0) is 63.7 Å². The third-order valence-electron chi connectivity index (χ3n) is 6.50. The second-order valence-corrected chi connectivity index (χ2v) is 10.5. The Hall–Kier alpha value is -2.41. The molecule has 0 radical (unpaired) electrons. The fourth-order valence-corrected chi connectivity index (χ4v) is 3.81. The van der Waals surface area contributed by atoms with Crippen molar-refractivity contribution in [3.63, 3.8) is 0 Å². The molecular weight excluding hydrogens is 484 g/mol. The minimum absolute atomic E-state index is 0.0191. The van der Waals surface area contributed by atoms with Crippen LogP contribution in [0.3, 0.4) is 0 Å². The molecular formula is C26H35BrN2O4. The van der Waals surface area contributed by atoms with Crippen molar-refractivity contribution < 1.29 is 14.5 Å². The van der Waals surface area contributed by atoms with Gasteiger partial charge in [-0.15, -0.1) is 0 Å². The number of hydrogen-bond acceptors (Lipinski definition) is 4. The lowest BCUT2D eigenvalue weighted by Gasteiger charge is -2.30. The molecule has 180 valence electrons. The Labute approximate surface area is 205 Å². The van der Waals surface area contributed by atoms with Gasteiger partial charge >= 0.3 is 0 Å². The van der Waals surface area contributed by atoms with Crippen LogP contribution in [-0.2, 0) is 15.6 Å². The summed E-state index contributed by atoms with van der Waals surface area (Å²) in [5, 5.41) is 13.6. The lowest BCUT2D eigenvalue weighted by molar-refractivity contribution is -0.384. The summed E-state index contributed by atoms with van der Waals surface area (Å²) in [6.07, 6.45) is 2.90. The van der Waals surface area contributed by atoms with Gasteiger partial charge in [0.1, 0.15) is 5.75 Å². The van der Waals surface area contributed by atoms with Crippen LogP contribution < -0.4 is 10.1 Å². The molecule has 0 aliphatic heterocycles. The minimum atomic E-state index is -0.475. The predicted molar refractivity (Wildman–Crippen MR) is 137 cm³/mol. The highest BCUT2D eigenvalue weighted by atomic mass is 79.9. The molecule has 6 nitrogen and oxygen atoms in total. The number of carbonyl (C=O) groups excluding carboxylic acids is 1. The fourth-order valence-electron chi connectivity index (χ4n) is 3.35. The average molecular weight is 519 g/mol. The number of amides is 1. The van der Waals surface area contributed by atoms with Crippen molar-refractivity contribution in [1.82, 2.24) is 0 Å². The number of nitrogens with zero attached hydrogens (tertiary/aromatic N) is 1. The molecule has 1 amide bonds. The normalized spacial score (nSPS) is 11.8. The van der Waals surface area contributed by atoms with E-state index in [2.05, 4.69) is 81.0 Å². The van der Waals surface area contributed by atoms with Crippen LogP contribution in [0.2, 0.25) is 0 Å². The Morgan fingerprint density at radius 3 is 2.30 bits per heavy atom. The number of ether oxygens (including phenoxy) is 1. The van der Waals surface area contributed by atoms with Crippen molar-refractivity contribution in [1.29, 1.82) is 0 Å². The highest BCUT2D eigenvalue weighted by Gasteiger charge is 2.26. The number of rotatable bonds is 11. The molecule has 0 unspecified atom stereocenters. The van der Waals surface area contributed by atoms with Crippen molar-refractivity contribution in [2.24, 2.45) is 0 Å². The van der Waals surface area contributed by atoms with Crippen LogP contribution >= 0.6 is 15.9 Å². The van der Waals surface area contributed by atoms with Gasteiger partial charge < -0.3 is 10.1 Å². The van der Waals surface area contributed by atoms with Crippen molar-refractivity contribution in [2.75, 3.05) is 11.9 Å². The Balaban J connectivity index is 2.01. The second kappa shape index (κ2) is 11.1. The van der Waals surface area contributed by atoms with Gasteiger partial charge in [-0.1, -0.05) is 53.7 Å². The van der Waals surface area contributed by atoms with E-state index in [0.717, 1.165) is 18.6 Å². The standard InChI is InChI=1S/C26H35BrN2O4/c1-7-25(3,4)18-11-14-23(20(16-18)26(5,6)8-2)33-15-9-10-24(30)28-22-13-12-19(29(31)32)17-21(22)27/h11-14,16-17H,7-10,15H2,1-6H3,(H,28,30). The zero-order valence-corrected chi connectivity index (χ0v) is 22.0. The van der Waals surface area contributed by atoms with Crippen molar-refractivity contribution in [3.05, 3.63) is 62.1 Å². The van der Waals surface area contributed by atoms with Gasteiger partial charge in [0.25, 0.3) is 5.69 Å². The Bertz CT molecular complexity index is 1000. The molecule has 7 heteroatoms. The molecule has 0 aliphatic carbocycles. The average Bonchev–Trinajstić information content (AvgIpc) is 2.77. The van der Waals surface area contributed by atoms with Gasteiger partial charge in [-0.3, -0.25) is 14.9 Å². The third kappa shape index (κ3) is 7.03. The number of hydrogen-bond donors (Lipinski definition) is 1. The van der Waals surface area contributed by atoms with Crippen LogP contribution in [0.15, 0.2) is 40.9 Å². The number of carbonyl (C=O) groups is 1. The number of benzene rings is 2. The lowest BCUT2D eigenvalue weighted by atomic mass is 9.76. The number of nitrogens with one attached hydrogen (secondary N) is 1. The Morgan fingerprint density at radius 1 is 1.06 bits per heavy atom. The third-order valence-corrected chi connectivity index (χ3v) is 7.16. The topological polar surface area (TPSA) is 81.5 Å². The summed E-state index contributed by atoms with van der Waals surface area (Å²) in [5.74, 6) is 0.707. The van der Waals surface area contributed by atoms with Gasteiger partial charge in [-0.25, -0.2) is 0 Å². The smallest absolute Gasteiger partial charge is 0.270 e. The molecule has 1 N–H and O–H groups in total. The highest BCUT2D eigenvalue weighted by molar-refractivity contribution is 9.10. The van der Waals surface area contributed by atoms with Crippen LogP contribution in [0.25, 0.3) is 0 Å². The molecule has 0 atom stereocenters. The van der Waals surface area contributed by atoms with E-state index in [-0.39, 0.29) is 28.8 Å². The summed E-state index contributed by atoms with van der Waals surface area (Å²) in [7, 11) is 0. The first-order chi connectivity index (χ1) is 15.4. The number of nitro groups is 1. The summed E-state index contributed by atoms with van der Waals surface area (Å²) in [6.45, 7) is 13.8. The number of halogens is 1. The summed E-state index contributed by atoms with van der Waals surface area (Å²) >= 11 is 3.27. The molecule has 2 rings (SSSR count). The van der Waals surface area contributed by atoms with Crippen LogP contribution in [0, 0.1) is 10.1 Å². The molecule has 0 spiro atoms. The first kappa shape index (κ1) is 26.8. The molecule has 0 aliphatic rings. The van der Waals surface area contributed by atoms with Gasteiger partial charge in [0, 0.05) is 28.6 Å². The SMILES string of the molecule is CCC(C)(C)c1ccc(OCCCC(=O)Nc2ccc([N+](=O)[O-])cc2Br)c(C(C)(C)CC)c1. The molecule has 0 bridgehead atoms. The zero-order chi connectivity index (χ0) is 24.8. The molecule has 33 heavy (non-hydrogen) atoms. The minimum Gasteiger partial charge on any atom is -0.493 e. The van der Waals surface area contributed by atoms with Crippen LogP contribution in [0.4, 0.5) is 11.4 Å². The predicted octanol–water partition coefficient (Wildman–Crippen LogP) is 7.53. The fraction of sp³-hybridized carbons (Fsp3) is 0.500. The van der Waals surface area contributed by atoms with Crippen LogP contribution in [0.1, 0.15) is 78.4 Å². The number of anilines is 1. The van der Waals surface area contributed by atoms with E-state index >= 15 is 0 Å². The molecule has 0 fully saturated rings. The second-order valence-electron chi connectivity index (χ2n) is 9.61. The monoisotopic (exact) mass is 518 g/mol. The lowest BCUT2D eigenvalue weighted by Crippen LogP contribution is -2.21. The van der Waals surface area contributed by atoms with Gasteiger partial charge in [0.05, 0.1) is 17.2 Å². The van der Waals surface area contributed by atoms with E-state index < -0.39 is 4.92 Å². The number of nitro benzene ring substituents is 1.